The third-order valence-corrected chi connectivity index (χ3v) is 4.53. The van der Waals surface area contributed by atoms with Crippen molar-refractivity contribution in [2.24, 2.45) is 7.05 Å². The van der Waals surface area contributed by atoms with Gasteiger partial charge in [-0.15, -0.1) is 0 Å². The second-order valence-corrected chi connectivity index (χ2v) is 6.40. The van der Waals surface area contributed by atoms with E-state index in [1.165, 1.54) is 10.8 Å². The van der Waals surface area contributed by atoms with Crippen LogP contribution >= 0.6 is 0 Å². The Hall–Kier alpha value is -3.14. The van der Waals surface area contributed by atoms with Crippen molar-refractivity contribution < 1.29 is 9.53 Å². The number of aryl methyl sites for hydroxylation is 1. The maximum Gasteiger partial charge on any atom is 0.263 e. The van der Waals surface area contributed by atoms with Gasteiger partial charge in [0, 0.05) is 31.5 Å². The minimum atomic E-state index is -0.329. The van der Waals surface area contributed by atoms with Gasteiger partial charge in [-0.2, -0.15) is 5.26 Å². The monoisotopic (exact) mass is 352 g/mol. The first-order valence-corrected chi connectivity index (χ1v) is 8.56. The maximum absolute atomic E-state index is 12.3. The normalized spacial score (nSPS) is 19.4. The summed E-state index contributed by atoms with van der Waals surface area (Å²) in [5.74, 6) is 0.175. The minimum absolute atomic E-state index is 0.0289. The number of carbonyl (C=O) groups is 1. The fourth-order valence-electron chi connectivity index (χ4n) is 3.05. The summed E-state index contributed by atoms with van der Waals surface area (Å²) >= 11 is 0. The molecule has 0 atom stereocenters. The lowest BCUT2D eigenvalue weighted by Crippen LogP contribution is -2.41. The van der Waals surface area contributed by atoms with Crippen molar-refractivity contribution in [1.29, 1.82) is 5.26 Å². The Balaban J connectivity index is 1.52. The molecule has 3 rings (SSSR count). The van der Waals surface area contributed by atoms with Gasteiger partial charge in [-0.05, 0) is 43.9 Å². The average Bonchev–Trinajstić information content (AvgIpc) is 2.66. The largest absolute Gasteiger partial charge is 0.474 e. The average molecular weight is 352 g/mol. The lowest BCUT2D eigenvalue weighted by atomic mass is 9.92. The number of aromatic nitrogens is 2. The van der Waals surface area contributed by atoms with E-state index in [2.05, 4.69) is 10.3 Å². The number of amides is 1. The first-order chi connectivity index (χ1) is 12.6. The maximum atomic E-state index is 12.3. The third kappa shape index (κ3) is 4.09. The predicted molar refractivity (Wildman–Crippen MR) is 94.8 cm³/mol. The molecule has 0 saturated heterocycles. The second-order valence-electron chi connectivity index (χ2n) is 6.40. The van der Waals surface area contributed by atoms with Crippen molar-refractivity contribution >= 4 is 5.91 Å². The third-order valence-electron chi connectivity index (χ3n) is 4.53. The van der Waals surface area contributed by atoms with Crippen LogP contribution in [-0.2, 0) is 7.05 Å². The van der Waals surface area contributed by atoms with Crippen LogP contribution in [0.1, 0.15) is 41.6 Å². The Morgan fingerprint density at radius 1 is 1.31 bits per heavy atom. The van der Waals surface area contributed by atoms with Crippen molar-refractivity contribution in [2.75, 3.05) is 0 Å². The van der Waals surface area contributed by atoms with Gasteiger partial charge in [0.25, 0.3) is 11.5 Å². The number of nitrogens with one attached hydrogen (secondary N) is 1. The van der Waals surface area contributed by atoms with Gasteiger partial charge in [-0.25, -0.2) is 4.98 Å². The molecule has 1 saturated carbocycles. The highest BCUT2D eigenvalue weighted by atomic mass is 16.5. The Morgan fingerprint density at radius 3 is 2.73 bits per heavy atom. The molecule has 134 valence electrons. The number of hydrogen-bond donors (Lipinski definition) is 1. The van der Waals surface area contributed by atoms with Crippen LogP contribution < -0.4 is 15.6 Å². The van der Waals surface area contributed by atoms with Crippen molar-refractivity contribution in [2.45, 2.75) is 37.8 Å². The molecule has 1 amide bonds. The van der Waals surface area contributed by atoms with Gasteiger partial charge in [0.05, 0.1) is 5.56 Å². The highest BCUT2D eigenvalue weighted by Gasteiger charge is 2.25. The molecule has 2 aromatic rings. The number of carbonyl (C=O) groups excluding carboxylic acids is 1. The molecule has 1 N–H and O–H groups in total. The van der Waals surface area contributed by atoms with E-state index >= 15 is 0 Å². The SMILES string of the molecule is Cn1cccc(C(=O)NC2CCC(Oc3ccc(C#N)cn3)CC2)c1=O. The zero-order chi connectivity index (χ0) is 18.5. The first-order valence-electron chi connectivity index (χ1n) is 8.56. The number of pyridine rings is 2. The van der Waals surface area contributed by atoms with E-state index < -0.39 is 0 Å². The van der Waals surface area contributed by atoms with Crippen LogP contribution in [0.4, 0.5) is 0 Å². The summed E-state index contributed by atoms with van der Waals surface area (Å²) in [7, 11) is 1.62. The number of nitriles is 1. The summed E-state index contributed by atoms with van der Waals surface area (Å²) in [4.78, 5) is 28.5. The fraction of sp³-hybridized carbons (Fsp3) is 0.368. The zero-order valence-electron chi connectivity index (χ0n) is 14.5. The molecule has 1 fully saturated rings. The van der Waals surface area contributed by atoms with Crippen LogP contribution in [0.3, 0.4) is 0 Å². The van der Waals surface area contributed by atoms with Gasteiger partial charge in [0.1, 0.15) is 17.7 Å². The summed E-state index contributed by atoms with van der Waals surface area (Å²) in [6, 6.07) is 8.65. The van der Waals surface area contributed by atoms with Gasteiger partial charge < -0.3 is 14.6 Å². The van der Waals surface area contributed by atoms with Crippen molar-refractivity contribution in [3.63, 3.8) is 0 Å². The van der Waals surface area contributed by atoms with Crippen LogP contribution in [0.2, 0.25) is 0 Å². The van der Waals surface area contributed by atoms with E-state index in [1.807, 2.05) is 6.07 Å². The molecule has 7 nitrogen and oxygen atoms in total. The van der Waals surface area contributed by atoms with Gasteiger partial charge in [-0.1, -0.05) is 0 Å². The lowest BCUT2D eigenvalue weighted by molar-refractivity contribution is 0.0888. The van der Waals surface area contributed by atoms with E-state index in [-0.39, 0.29) is 29.2 Å². The molecule has 0 bridgehead atoms. The van der Waals surface area contributed by atoms with Crippen LogP contribution in [0.5, 0.6) is 5.88 Å². The quantitative estimate of drug-likeness (QED) is 0.904. The van der Waals surface area contributed by atoms with Crippen LogP contribution in [0.25, 0.3) is 0 Å². The van der Waals surface area contributed by atoms with Crippen molar-refractivity contribution in [3.8, 4) is 11.9 Å². The Labute approximate surface area is 151 Å². The van der Waals surface area contributed by atoms with Gasteiger partial charge in [0.2, 0.25) is 5.88 Å². The molecular weight excluding hydrogens is 332 g/mol. The highest BCUT2D eigenvalue weighted by molar-refractivity contribution is 5.93. The summed E-state index contributed by atoms with van der Waals surface area (Å²) in [6.07, 6.45) is 6.28. The number of nitrogens with zero attached hydrogens (tertiary/aromatic N) is 3. The van der Waals surface area contributed by atoms with Gasteiger partial charge in [0.15, 0.2) is 0 Å². The molecule has 0 spiro atoms. The molecule has 0 aromatic carbocycles. The molecular formula is C19H20N4O3. The predicted octanol–water partition coefficient (Wildman–Crippen LogP) is 1.77. The summed E-state index contributed by atoms with van der Waals surface area (Å²) in [5, 5.41) is 11.7. The van der Waals surface area contributed by atoms with Crippen LogP contribution in [-0.4, -0.2) is 27.6 Å². The molecule has 0 radical (unpaired) electrons. The van der Waals surface area contributed by atoms with Gasteiger partial charge in [-0.3, -0.25) is 9.59 Å². The Bertz CT molecular complexity index is 875. The molecule has 2 heterocycles. The first kappa shape index (κ1) is 17.7. The van der Waals surface area contributed by atoms with Crippen molar-refractivity contribution in [1.82, 2.24) is 14.9 Å². The van der Waals surface area contributed by atoms with Gasteiger partial charge >= 0.3 is 0 Å². The number of rotatable bonds is 4. The smallest absolute Gasteiger partial charge is 0.263 e. The molecule has 1 aliphatic carbocycles. The lowest BCUT2D eigenvalue weighted by Gasteiger charge is -2.29. The Kier molecular flexibility index (Phi) is 5.32. The van der Waals surface area contributed by atoms with E-state index in [0.717, 1.165) is 25.7 Å². The molecule has 2 aromatic heterocycles. The topological polar surface area (TPSA) is 97.0 Å². The summed E-state index contributed by atoms with van der Waals surface area (Å²) in [5.41, 5.74) is 0.361. The van der Waals surface area contributed by atoms with Crippen molar-refractivity contribution in [3.05, 3.63) is 58.1 Å². The zero-order valence-corrected chi connectivity index (χ0v) is 14.5. The van der Waals surface area contributed by atoms with E-state index in [1.54, 1.807) is 37.5 Å². The van der Waals surface area contributed by atoms with E-state index in [9.17, 15) is 9.59 Å². The standard InChI is InChI=1S/C19H20N4O3/c1-23-10-2-3-16(19(23)25)18(24)22-14-5-7-15(8-6-14)26-17-9-4-13(11-20)12-21-17/h2-4,9-10,12,14-15H,5-8H2,1H3,(H,22,24). The molecule has 1 aliphatic rings. The highest BCUT2D eigenvalue weighted by Crippen LogP contribution is 2.23. The van der Waals surface area contributed by atoms with Crippen LogP contribution in [0.15, 0.2) is 41.5 Å². The fourth-order valence-corrected chi connectivity index (χ4v) is 3.05. The van der Waals surface area contributed by atoms with Crippen LogP contribution in [0, 0.1) is 11.3 Å². The van der Waals surface area contributed by atoms with E-state index in [0.29, 0.717) is 11.4 Å². The molecule has 0 aliphatic heterocycles. The second kappa shape index (κ2) is 7.83. The molecule has 7 heteroatoms. The summed E-state index contributed by atoms with van der Waals surface area (Å²) < 4.78 is 7.23. The summed E-state index contributed by atoms with van der Waals surface area (Å²) in [6.45, 7) is 0. The number of ether oxygens (including phenoxy) is 1. The Morgan fingerprint density at radius 2 is 2.08 bits per heavy atom. The number of hydrogen-bond acceptors (Lipinski definition) is 5. The van der Waals surface area contributed by atoms with E-state index in [4.69, 9.17) is 10.00 Å². The molecule has 0 unspecified atom stereocenters. The molecule has 26 heavy (non-hydrogen) atoms. The minimum Gasteiger partial charge on any atom is -0.474 e.